The van der Waals surface area contributed by atoms with Crippen LogP contribution in [0.4, 0.5) is 0 Å². The summed E-state index contributed by atoms with van der Waals surface area (Å²) in [5.74, 6) is -4.83. The lowest BCUT2D eigenvalue weighted by atomic mass is 10.0. The van der Waals surface area contributed by atoms with Gasteiger partial charge in [0.2, 0.25) is 47.8 Å². The first-order valence-electron chi connectivity index (χ1n) is 20.6. The largest absolute Gasteiger partial charge is 0.370 e. The number of benzene rings is 2. The second kappa shape index (κ2) is 26.3. The topological polar surface area (TPSA) is 341 Å². The number of unbranched alkanes of at least 4 members (excludes halogenated alkanes) is 2. The van der Waals surface area contributed by atoms with Crippen molar-refractivity contribution in [2.75, 3.05) is 13.1 Å². The fourth-order valence-electron chi connectivity index (χ4n) is 6.55. The van der Waals surface area contributed by atoms with Crippen LogP contribution in [0.15, 0.2) is 65.8 Å². The molecule has 3 aromatic rings. The first-order valence-corrected chi connectivity index (χ1v) is 20.6. The van der Waals surface area contributed by atoms with Crippen molar-refractivity contribution in [1.82, 2.24) is 36.9 Å². The third-order valence-corrected chi connectivity index (χ3v) is 9.91. The number of carbonyl (C=O) groups excluding carboxylic acids is 8. The molecule has 20 heteroatoms. The van der Waals surface area contributed by atoms with E-state index < -0.39 is 65.7 Å². The summed E-state index contributed by atoms with van der Waals surface area (Å²) >= 11 is 0. The van der Waals surface area contributed by atoms with E-state index in [1.54, 1.807) is 30.5 Å². The molecule has 8 amide bonds. The first-order chi connectivity index (χ1) is 29.7. The van der Waals surface area contributed by atoms with Gasteiger partial charge in [-0.1, -0.05) is 61.9 Å². The summed E-state index contributed by atoms with van der Waals surface area (Å²) in [7, 11) is 0. The summed E-state index contributed by atoms with van der Waals surface area (Å²) in [5.41, 5.74) is 24.3. The average Bonchev–Trinajstić information content (AvgIpc) is 3.65. The maximum Gasteiger partial charge on any atom is 0.243 e. The van der Waals surface area contributed by atoms with Crippen LogP contribution < -0.4 is 54.8 Å². The predicted octanol–water partition coefficient (Wildman–Crippen LogP) is -1.10. The zero-order valence-electron chi connectivity index (χ0n) is 35.0. The van der Waals surface area contributed by atoms with Crippen LogP contribution in [-0.4, -0.2) is 102 Å². The van der Waals surface area contributed by atoms with E-state index in [1.807, 2.05) is 37.3 Å². The molecule has 0 radical (unpaired) electrons. The second-order valence-electron chi connectivity index (χ2n) is 14.8. The number of nitrogens with one attached hydrogen (secondary N) is 7. The van der Waals surface area contributed by atoms with Gasteiger partial charge >= 0.3 is 0 Å². The van der Waals surface area contributed by atoms with Crippen LogP contribution >= 0.6 is 0 Å². The molecule has 0 fully saturated rings. The van der Waals surface area contributed by atoms with Crippen molar-refractivity contribution in [2.45, 2.75) is 108 Å². The van der Waals surface area contributed by atoms with Gasteiger partial charge in [0.15, 0.2) is 5.96 Å². The van der Waals surface area contributed by atoms with Gasteiger partial charge in [0.1, 0.15) is 30.2 Å². The van der Waals surface area contributed by atoms with E-state index in [0.717, 1.165) is 22.9 Å². The summed E-state index contributed by atoms with van der Waals surface area (Å²) in [6.45, 7) is 2.20. The van der Waals surface area contributed by atoms with Gasteiger partial charge < -0.3 is 59.8 Å². The predicted molar refractivity (Wildman–Crippen MR) is 232 cm³/mol. The monoisotopic (exact) mass is 860 g/mol. The number of fused-ring (bicyclic) bond motifs is 1. The van der Waals surface area contributed by atoms with Crippen LogP contribution in [0.2, 0.25) is 0 Å². The highest BCUT2D eigenvalue weighted by Crippen LogP contribution is 2.20. The van der Waals surface area contributed by atoms with Crippen molar-refractivity contribution < 1.29 is 38.4 Å². The Morgan fingerprint density at radius 1 is 0.677 bits per heavy atom. The number of para-hydroxylation sites is 1. The molecular formula is C42H60N12O8. The average molecular weight is 861 g/mol. The number of rotatable bonds is 29. The number of hydrogen-bond donors (Lipinski definition) is 11. The third kappa shape index (κ3) is 17.3. The molecule has 1 unspecified atom stereocenters. The molecule has 1 aromatic heterocycles. The van der Waals surface area contributed by atoms with E-state index in [2.05, 4.69) is 41.9 Å². The summed E-state index contributed by atoms with van der Waals surface area (Å²) in [6, 6.07) is 10.5. The molecule has 1 heterocycles. The molecule has 0 spiro atoms. The number of aromatic amines is 1. The number of carbonyl (C=O) groups is 8. The van der Waals surface area contributed by atoms with Gasteiger partial charge in [-0.25, -0.2) is 0 Å². The fourth-order valence-corrected chi connectivity index (χ4v) is 6.55. The molecular weight excluding hydrogens is 801 g/mol. The second-order valence-corrected chi connectivity index (χ2v) is 14.8. The number of nitrogens with two attached hydrogens (primary N) is 4. The van der Waals surface area contributed by atoms with Gasteiger partial charge in [-0.05, 0) is 55.7 Å². The summed E-state index contributed by atoms with van der Waals surface area (Å²) < 4.78 is 0. The van der Waals surface area contributed by atoms with E-state index in [4.69, 9.17) is 22.9 Å². The number of aliphatic imine (C=N–C) groups is 1. The smallest absolute Gasteiger partial charge is 0.243 e. The molecule has 0 aliphatic rings. The Labute approximate surface area is 359 Å². The van der Waals surface area contributed by atoms with Crippen LogP contribution in [0.25, 0.3) is 10.9 Å². The van der Waals surface area contributed by atoms with E-state index >= 15 is 0 Å². The zero-order chi connectivity index (χ0) is 45.4. The van der Waals surface area contributed by atoms with Crippen molar-refractivity contribution in [1.29, 1.82) is 0 Å². The van der Waals surface area contributed by atoms with Crippen molar-refractivity contribution in [3.05, 3.63) is 71.9 Å². The van der Waals surface area contributed by atoms with E-state index in [9.17, 15) is 38.4 Å². The number of guanidine groups is 1. The highest BCUT2D eigenvalue weighted by Gasteiger charge is 2.31. The zero-order valence-corrected chi connectivity index (χ0v) is 35.0. The SMILES string of the molecule is CCCCC(=O)NC(CC(=O)NCCCC[C@H](NC(=O)[C@H](Cc1c[nH]c2ccccc12)NC(=O)[C@H](CCCN=C(N)N)NC(=O)[C@@H](Cc1ccccc1)NC=O)C(N)=O)C(N)=O. The van der Waals surface area contributed by atoms with Crippen LogP contribution in [0, 0.1) is 0 Å². The molecule has 0 saturated heterocycles. The molecule has 0 saturated carbocycles. The maximum absolute atomic E-state index is 14.1. The molecule has 0 aliphatic heterocycles. The maximum atomic E-state index is 14.1. The number of aromatic nitrogens is 1. The standard InChI is InChI=1S/C42H60N12O8/c1-2-3-18-35(56)51-32(38(44)59)23-36(57)47-19-10-9-16-30(37(43)58)52-41(62)34(22-27-24-49-29-15-8-7-14-28(27)29)54-39(60)31(17-11-20-48-42(45)46)53-40(61)33(50-25-55)21-26-12-5-4-6-13-26/h4-8,12-15,24-25,30-34,49H,2-3,9-11,16-23H2,1H3,(H2,43,58)(H2,44,59)(H,47,57)(H,50,55)(H,51,56)(H,52,62)(H,53,61)(H,54,60)(H4,45,46,48)/t30-,31-,32?,33+,34-/m0/s1. The Balaban J connectivity index is 1.74. The van der Waals surface area contributed by atoms with E-state index in [0.29, 0.717) is 31.2 Å². The van der Waals surface area contributed by atoms with Crippen LogP contribution in [0.5, 0.6) is 0 Å². The normalized spacial score (nSPS) is 13.2. The Hall–Kier alpha value is -6.99. The number of hydrogen-bond acceptors (Lipinski definition) is 9. The quantitative estimate of drug-likeness (QED) is 0.0173. The van der Waals surface area contributed by atoms with Gasteiger partial charge in [0.05, 0.1) is 6.42 Å². The molecule has 0 aliphatic carbocycles. The lowest BCUT2D eigenvalue weighted by Gasteiger charge is -2.26. The molecule has 5 atom stereocenters. The molecule has 0 bridgehead atoms. The van der Waals surface area contributed by atoms with Gasteiger partial charge in [-0.2, -0.15) is 0 Å². The molecule has 3 rings (SSSR count). The van der Waals surface area contributed by atoms with Crippen LogP contribution in [0.1, 0.15) is 75.8 Å². The lowest BCUT2D eigenvalue weighted by molar-refractivity contribution is -0.134. The highest BCUT2D eigenvalue weighted by molar-refractivity contribution is 5.96. The summed E-state index contributed by atoms with van der Waals surface area (Å²) in [5, 5.41) is 16.6. The molecule has 62 heavy (non-hydrogen) atoms. The minimum Gasteiger partial charge on any atom is -0.370 e. The number of H-pyrrole nitrogens is 1. The minimum atomic E-state index is -1.27. The van der Waals surface area contributed by atoms with Crippen LogP contribution in [0.3, 0.4) is 0 Å². The Morgan fingerprint density at radius 3 is 1.98 bits per heavy atom. The first kappa shape index (κ1) is 49.4. The number of amides is 8. The van der Waals surface area contributed by atoms with E-state index in [1.165, 1.54) is 0 Å². The van der Waals surface area contributed by atoms with Crippen molar-refractivity contribution in [2.24, 2.45) is 27.9 Å². The van der Waals surface area contributed by atoms with Crippen molar-refractivity contribution in [3.63, 3.8) is 0 Å². The molecule has 20 nitrogen and oxygen atoms in total. The van der Waals surface area contributed by atoms with Gasteiger partial charge in [-0.3, -0.25) is 43.3 Å². The molecule has 336 valence electrons. The summed E-state index contributed by atoms with van der Waals surface area (Å²) in [6.07, 6.45) is 4.53. The summed E-state index contributed by atoms with van der Waals surface area (Å²) in [4.78, 5) is 109. The van der Waals surface area contributed by atoms with Gasteiger partial charge in [-0.15, -0.1) is 0 Å². The molecule has 15 N–H and O–H groups in total. The van der Waals surface area contributed by atoms with E-state index in [-0.39, 0.29) is 69.9 Å². The lowest BCUT2D eigenvalue weighted by Crippen LogP contribution is -2.58. The Kier molecular flexibility index (Phi) is 20.9. The number of primary amides is 2. The van der Waals surface area contributed by atoms with Crippen molar-refractivity contribution in [3.8, 4) is 0 Å². The van der Waals surface area contributed by atoms with Gasteiger partial charge in [0, 0.05) is 49.5 Å². The highest BCUT2D eigenvalue weighted by atomic mass is 16.2. The van der Waals surface area contributed by atoms with Crippen molar-refractivity contribution >= 4 is 64.6 Å². The number of nitrogens with zero attached hydrogens (tertiary/aromatic N) is 1. The third-order valence-electron chi connectivity index (χ3n) is 9.91. The fraction of sp³-hybridized carbons (Fsp3) is 0.452. The van der Waals surface area contributed by atoms with Gasteiger partial charge in [0.25, 0.3) is 0 Å². The van der Waals surface area contributed by atoms with Crippen LogP contribution in [-0.2, 0) is 51.2 Å². The Bertz CT molecular complexity index is 2000. The minimum absolute atomic E-state index is 0.0253. The molecule has 2 aromatic carbocycles. The Morgan fingerprint density at radius 2 is 1.31 bits per heavy atom.